The SMILES string of the molecule is O=C(O)c1c(Cl)cccc1Sc1nnnn1C1CCCC1. The summed E-state index contributed by atoms with van der Waals surface area (Å²) in [6.07, 6.45) is 4.46. The van der Waals surface area contributed by atoms with Crippen molar-refractivity contribution in [3.63, 3.8) is 0 Å². The van der Waals surface area contributed by atoms with Crippen molar-refractivity contribution in [3.8, 4) is 0 Å². The number of aromatic nitrogens is 4. The van der Waals surface area contributed by atoms with Crippen LogP contribution in [0, 0.1) is 0 Å². The molecule has 0 bridgehead atoms. The first kappa shape index (κ1) is 14.3. The molecule has 1 saturated carbocycles. The molecule has 2 aromatic rings. The summed E-state index contributed by atoms with van der Waals surface area (Å²) in [6, 6.07) is 5.30. The molecule has 21 heavy (non-hydrogen) atoms. The van der Waals surface area contributed by atoms with Crippen LogP contribution in [-0.2, 0) is 0 Å². The maximum atomic E-state index is 11.4. The zero-order valence-corrected chi connectivity index (χ0v) is 12.6. The second kappa shape index (κ2) is 6.03. The fraction of sp³-hybridized carbons (Fsp3) is 0.385. The van der Waals surface area contributed by atoms with E-state index in [0.717, 1.165) is 12.8 Å². The Labute approximate surface area is 130 Å². The van der Waals surface area contributed by atoms with E-state index >= 15 is 0 Å². The van der Waals surface area contributed by atoms with Gasteiger partial charge in [0.1, 0.15) is 0 Å². The first-order valence-corrected chi connectivity index (χ1v) is 7.84. The third-order valence-corrected chi connectivity index (χ3v) is 4.85. The van der Waals surface area contributed by atoms with Crippen molar-refractivity contribution >= 4 is 29.3 Å². The fourth-order valence-corrected chi connectivity index (χ4v) is 3.84. The zero-order chi connectivity index (χ0) is 14.8. The highest BCUT2D eigenvalue weighted by molar-refractivity contribution is 7.99. The molecular weight excluding hydrogens is 312 g/mol. The van der Waals surface area contributed by atoms with Crippen molar-refractivity contribution in [1.82, 2.24) is 20.2 Å². The molecular formula is C13H13ClN4O2S. The summed E-state index contributed by atoms with van der Waals surface area (Å²) in [5.41, 5.74) is 0.0881. The molecule has 0 saturated heterocycles. The number of carboxylic acids is 1. The average Bonchev–Trinajstić information content (AvgIpc) is 3.08. The lowest BCUT2D eigenvalue weighted by Gasteiger charge is -2.11. The Morgan fingerprint density at radius 2 is 2.14 bits per heavy atom. The lowest BCUT2D eigenvalue weighted by molar-refractivity contribution is 0.0693. The molecule has 1 aromatic heterocycles. The predicted octanol–water partition coefficient (Wildman–Crippen LogP) is 3.29. The number of carboxylic acid groups (broad SMARTS) is 1. The van der Waals surface area contributed by atoms with Crippen LogP contribution in [0.15, 0.2) is 28.3 Å². The topological polar surface area (TPSA) is 80.9 Å². The summed E-state index contributed by atoms with van der Waals surface area (Å²) < 4.78 is 1.80. The van der Waals surface area contributed by atoms with Crippen LogP contribution in [0.5, 0.6) is 0 Å². The first-order valence-electron chi connectivity index (χ1n) is 6.64. The third-order valence-electron chi connectivity index (χ3n) is 3.52. The van der Waals surface area contributed by atoms with Crippen LogP contribution in [0.4, 0.5) is 0 Å². The second-order valence-corrected chi connectivity index (χ2v) is 6.28. The van der Waals surface area contributed by atoms with Crippen LogP contribution in [0.2, 0.25) is 5.02 Å². The van der Waals surface area contributed by atoms with E-state index in [-0.39, 0.29) is 10.6 Å². The molecule has 1 heterocycles. The third kappa shape index (κ3) is 2.89. The van der Waals surface area contributed by atoms with Crippen molar-refractivity contribution in [1.29, 1.82) is 0 Å². The molecule has 1 aliphatic rings. The maximum Gasteiger partial charge on any atom is 0.338 e. The summed E-state index contributed by atoms with van der Waals surface area (Å²) in [7, 11) is 0. The van der Waals surface area contributed by atoms with E-state index in [4.69, 9.17) is 11.6 Å². The number of aromatic carboxylic acids is 1. The van der Waals surface area contributed by atoms with E-state index < -0.39 is 5.97 Å². The molecule has 0 spiro atoms. The monoisotopic (exact) mass is 324 g/mol. The molecule has 0 radical (unpaired) electrons. The van der Waals surface area contributed by atoms with Gasteiger partial charge in [-0.3, -0.25) is 0 Å². The number of hydrogen-bond acceptors (Lipinski definition) is 5. The molecule has 0 atom stereocenters. The van der Waals surface area contributed by atoms with Crippen molar-refractivity contribution in [2.45, 2.75) is 41.8 Å². The highest BCUT2D eigenvalue weighted by Gasteiger charge is 2.23. The Morgan fingerprint density at radius 1 is 1.38 bits per heavy atom. The van der Waals surface area contributed by atoms with Gasteiger partial charge in [-0.05, 0) is 47.2 Å². The van der Waals surface area contributed by atoms with Gasteiger partial charge in [-0.25, -0.2) is 9.48 Å². The predicted molar refractivity (Wildman–Crippen MR) is 77.9 cm³/mol. The summed E-state index contributed by atoms with van der Waals surface area (Å²) in [5, 5.41) is 21.9. The fourth-order valence-electron chi connectivity index (χ4n) is 2.53. The number of hydrogen-bond donors (Lipinski definition) is 1. The first-order chi connectivity index (χ1) is 10.2. The van der Waals surface area contributed by atoms with Crippen molar-refractivity contribution in [2.75, 3.05) is 0 Å². The molecule has 1 fully saturated rings. The van der Waals surface area contributed by atoms with Crippen molar-refractivity contribution in [2.24, 2.45) is 0 Å². The van der Waals surface area contributed by atoms with Gasteiger partial charge in [0.15, 0.2) is 0 Å². The maximum absolute atomic E-state index is 11.4. The Balaban J connectivity index is 1.93. The lowest BCUT2D eigenvalue weighted by atomic mass is 10.2. The molecule has 110 valence electrons. The molecule has 8 heteroatoms. The van der Waals surface area contributed by atoms with E-state index in [1.165, 1.54) is 24.6 Å². The van der Waals surface area contributed by atoms with Gasteiger partial charge >= 0.3 is 5.97 Å². The summed E-state index contributed by atoms with van der Waals surface area (Å²) in [5.74, 6) is -1.05. The van der Waals surface area contributed by atoms with Crippen LogP contribution in [0.25, 0.3) is 0 Å². The van der Waals surface area contributed by atoms with Crippen LogP contribution in [0.1, 0.15) is 42.1 Å². The Morgan fingerprint density at radius 3 is 2.86 bits per heavy atom. The molecule has 1 aromatic carbocycles. The molecule has 0 unspecified atom stereocenters. The van der Waals surface area contributed by atoms with Crippen molar-refractivity contribution in [3.05, 3.63) is 28.8 Å². The van der Waals surface area contributed by atoms with Crippen LogP contribution >= 0.6 is 23.4 Å². The Hall–Kier alpha value is -1.60. The lowest BCUT2D eigenvalue weighted by Crippen LogP contribution is -2.08. The Bertz CT molecular complexity index is 670. The van der Waals surface area contributed by atoms with Gasteiger partial charge in [-0.15, -0.1) is 5.10 Å². The number of benzene rings is 1. The molecule has 1 aliphatic carbocycles. The number of nitrogens with zero attached hydrogens (tertiary/aromatic N) is 4. The highest BCUT2D eigenvalue weighted by Crippen LogP contribution is 2.36. The second-order valence-electron chi connectivity index (χ2n) is 4.86. The minimum Gasteiger partial charge on any atom is -0.478 e. The van der Waals surface area contributed by atoms with E-state index in [2.05, 4.69) is 15.5 Å². The van der Waals surface area contributed by atoms with Gasteiger partial charge in [0.2, 0.25) is 5.16 Å². The summed E-state index contributed by atoms with van der Waals surface area (Å²) in [6.45, 7) is 0. The summed E-state index contributed by atoms with van der Waals surface area (Å²) >= 11 is 7.22. The van der Waals surface area contributed by atoms with Gasteiger partial charge in [0, 0.05) is 4.90 Å². The number of tetrazole rings is 1. The van der Waals surface area contributed by atoms with Gasteiger partial charge in [-0.1, -0.05) is 30.5 Å². The van der Waals surface area contributed by atoms with Crippen LogP contribution in [-0.4, -0.2) is 31.3 Å². The molecule has 3 rings (SSSR count). The number of rotatable bonds is 4. The highest BCUT2D eigenvalue weighted by atomic mass is 35.5. The smallest absolute Gasteiger partial charge is 0.338 e. The molecule has 6 nitrogen and oxygen atoms in total. The van der Waals surface area contributed by atoms with Crippen LogP contribution < -0.4 is 0 Å². The van der Waals surface area contributed by atoms with Gasteiger partial charge in [0.05, 0.1) is 16.6 Å². The quantitative estimate of drug-likeness (QED) is 0.929. The number of carbonyl (C=O) groups is 1. The standard InChI is InChI=1S/C13H13ClN4O2S/c14-9-6-3-7-10(11(9)12(19)20)21-13-15-16-17-18(13)8-4-1-2-5-8/h3,6-8H,1-2,4-5H2,(H,19,20). The Kier molecular flexibility index (Phi) is 4.12. The largest absolute Gasteiger partial charge is 0.478 e. The van der Waals surface area contributed by atoms with Gasteiger partial charge < -0.3 is 5.11 Å². The van der Waals surface area contributed by atoms with Crippen molar-refractivity contribution < 1.29 is 9.90 Å². The van der Waals surface area contributed by atoms with E-state index in [0.29, 0.717) is 16.1 Å². The van der Waals surface area contributed by atoms with E-state index in [9.17, 15) is 9.90 Å². The average molecular weight is 325 g/mol. The zero-order valence-electron chi connectivity index (χ0n) is 11.1. The normalized spacial score (nSPS) is 15.5. The molecule has 1 N–H and O–H groups in total. The minimum atomic E-state index is -1.05. The van der Waals surface area contributed by atoms with E-state index in [1.807, 2.05) is 0 Å². The van der Waals surface area contributed by atoms with Gasteiger partial charge in [0.25, 0.3) is 0 Å². The van der Waals surface area contributed by atoms with E-state index in [1.54, 1.807) is 22.9 Å². The molecule has 0 amide bonds. The summed E-state index contributed by atoms with van der Waals surface area (Å²) in [4.78, 5) is 11.9. The molecule has 0 aliphatic heterocycles. The minimum absolute atomic E-state index is 0.0881. The van der Waals surface area contributed by atoms with Crippen LogP contribution in [0.3, 0.4) is 0 Å². The number of halogens is 1. The van der Waals surface area contributed by atoms with Gasteiger partial charge in [-0.2, -0.15) is 0 Å².